The molecule has 0 saturated heterocycles. The van der Waals surface area contributed by atoms with E-state index in [-0.39, 0.29) is 52.8 Å². The van der Waals surface area contributed by atoms with Crippen LogP contribution in [0.3, 0.4) is 0 Å². The van der Waals surface area contributed by atoms with E-state index >= 15 is 0 Å². The standard InChI is InChI=1S/C36H45N7O4S/c1-23(2)42(8)31-16-18-37-30(39-31)21-43-27(15-17-36(5,6)7)22-47-32-20-29(33-24(3)11-9-12-25(33)4)38-35(40-32)41-48(45,46)28-14-10-13-26(19-28)34(43)44/h9-14,16,18-20,23,27H,15,17,21-22H2,1-8H3,(H,38,40,41)/t27-/m1/s1. The molecule has 3 heterocycles. The number of benzene rings is 2. The number of anilines is 2. The minimum atomic E-state index is -4.18. The van der Waals surface area contributed by atoms with Crippen LogP contribution in [0.5, 0.6) is 5.88 Å². The second-order valence-electron chi connectivity index (χ2n) is 13.8. The van der Waals surface area contributed by atoms with Gasteiger partial charge in [-0.15, -0.1) is 0 Å². The number of hydrogen-bond donors (Lipinski definition) is 1. The third-order valence-corrected chi connectivity index (χ3v) is 9.87. The maximum atomic E-state index is 14.5. The van der Waals surface area contributed by atoms with Crippen molar-refractivity contribution in [2.75, 3.05) is 23.3 Å². The van der Waals surface area contributed by atoms with Gasteiger partial charge < -0.3 is 14.5 Å². The fraction of sp³-hybridized carbons (Fsp3) is 0.417. The molecule has 5 rings (SSSR count). The van der Waals surface area contributed by atoms with Crippen LogP contribution < -0.4 is 14.4 Å². The number of nitrogens with zero attached hydrogens (tertiary/aromatic N) is 6. The summed E-state index contributed by atoms with van der Waals surface area (Å²) in [5, 5.41) is 0. The topological polar surface area (TPSA) is 131 Å². The lowest BCUT2D eigenvalue weighted by atomic mass is 9.88. The summed E-state index contributed by atoms with van der Waals surface area (Å²) >= 11 is 0. The van der Waals surface area contributed by atoms with E-state index in [1.165, 1.54) is 12.1 Å². The van der Waals surface area contributed by atoms with Crippen molar-refractivity contribution in [2.45, 2.75) is 84.8 Å². The molecule has 2 aromatic heterocycles. The van der Waals surface area contributed by atoms with E-state index in [2.05, 4.69) is 54.3 Å². The van der Waals surface area contributed by atoms with Gasteiger partial charge in [0, 0.05) is 36.5 Å². The van der Waals surface area contributed by atoms with Crippen molar-refractivity contribution in [3.63, 3.8) is 0 Å². The summed E-state index contributed by atoms with van der Waals surface area (Å²) in [5.74, 6) is 0.919. The molecule has 4 bridgehead atoms. The molecule has 0 saturated carbocycles. The number of rotatable bonds is 7. The zero-order chi connectivity index (χ0) is 34.8. The van der Waals surface area contributed by atoms with E-state index in [9.17, 15) is 13.2 Å². The number of aryl methyl sites for hydroxylation is 2. The Balaban J connectivity index is 1.65. The lowest BCUT2D eigenvalue weighted by Gasteiger charge is -2.33. The summed E-state index contributed by atoms with van der Waals surface area (Å²) in [6.45, 7) is 14.8. The molecule has 0 spiro atoms. The Bertz CT molecular complexity index is 1890. The lowest BCUT2D eigenvalue weighted by Crippen LogP contribution is -2.44. The van der Waals surface area contributed by atoms with Crippen LogP contribution in [-0.2, 0) is 16.6 Å². The number of hydrogen-bond acceptors (Lipinski definition) is 9. The third kappa shape index (κ3) is 8.10. The van der Waals surface area contributed by atoms with Crippen molar-refractivity contribution in [1.82, 2.24) is 24.8 Å². The van der Waals surface area contributed by atoms with Crippen LogP contribution in [0.25, 0.3) is 11.3 Å². The minimum absolute atomic E-state index is 0.0260. The Morgan fingerprint density at radius 2 is 1.73 bits per heavy atom. The van der Waals surface area contributed by atoms with E-state index in [1.54, 1.807) is 29.3 Å². The molecule has 0 unspecified atom stereocenters. The van der Waals surface area contributed by atoms with Gasteiger partial charge in [0.05, 0.1) is 23.2 Å². The zero-order valence-electron chi connectivity index (χ0n) is 29.0. The van der Waals surface area contributed by atoms with Gasteiger partial charge in [-0.25, -0.2) is 28.1 Å². The Morgan fingerprint density at radius 1 is 1.02 bits per heavy atom. The van der Waals surface area contributed by atoms with E-state index in [0.29, 0.717) is 17.9 Å². The Kier molecular flexibility index (Phi) is 10.0. The molecule has 1 aliphatic heterocycles. The van der Waals surface area contributed by atoms with E-state index < -0.39 is 16.1 Å². The minimum Gasteiger partial charge on any atom is -0.475 e. The first-order valence-corrected chi connectivity index (χ1v) is 17.7. The molecule has 48 heavy (non-hydrogen) atoms. The van der Waals surface area contributed by atoms with E-state index in [0.717, 1.165) is 28.9 Å². The maximum absolute atomic E-state index is 14.5. The van der Waals surface area contributed by atoms with Crippen LogP contribution in [0, 0.1) is 19.3 Å². The van der Waals surface area contributed by atoms with Crippen molar-refractivity contribution in [1.29, 1.82) is 0 Å². The first-order chi connectivity index (χ1) is 22.6. The summed E-state index contributed by atoms with van der Waals surface area (Å²) in [6.07, 6.45) is 3.10. The molecule has 2 aromatic carbocycles. The Labute approximate surface area is 283 Å². The molecule has 0 fully saturated rings. The van der Waals surface area contributed by atoms with Crippen LogP contribution in [0.15, 0.2) is 65.7 Å². The summed E-state index contributed by atoms with van der Waals surface area (Å²) in [7, 11) is -2.21. The van der Waals surface area contributed by atoms with Gasteiger partial charge in [0.1, 0.15) is 18.2 Å². The van der Waals surface area contributed by atoms with Crippen LogP contribution in [0.2, 0.25) is 0 Å². The average molecular weight is 672 g/mol. The van der Waals surface area contributed by atoms with E-state index in [4.69, 9.17) is 9.72 Å². The summed E-state index contributed by atoms with van der Waals surface area (Å²) < 4.78 is 36.3. The molecule has 12 heteroatoms. The smallest absolute Gasteiger partial charge is 0.264 e. The quantitative estimate of drug-likeness (QED) is 0.236. The molecular formula is C36H45N7O4S. The molecule has 4 aromatic rings. The van der Waals surface area contributed by atoms with Gasteiger partial charge >= 0.3 is 0 Å². The second-order valence-corrected chi connectivity index (χ2v) is 15.5. The van der Waals surface area contributed by atoms with Crippen molar-refractivity contribution < 1.29 is 17.9 Å². The lowest BCUT2D eigenvalue weighted by molar-refractivity contribution is 0.0546. The molecule has 1 aliphatic rings. The number of amides is 1. The molecule has 254 valence electrons. The summed E-state index contributed by atoms with van der Waals surface area (Å²) in [5.41, 5.74) is 3.53. The van der Waals surface area contributed by atoms with Crippen molar-refractivity contribution in [2.24, 2.45) is 5.41 Å². The van der Waals surface area contributed by atoms with Crippen LogP contribution in [-0.4, -0.2) is 64.9 Å². The van der Waals surface area contributed by atoms with Crippen LogP contribution in [0.4, 0.5) is 11.8 Å². The van der Waals surface area contributed by atoms with Crippen molar-refractivity contribution in [3.8, 4) is 17.1 Å². The number of fused-ring (bicyclic) bond motifs is 4. The molecular weight excluding hydrogens is 627 g/mol. The zero-order valence-corrected chi connectivity index (χ0v) is 29.8. The van der Waals surface area contributed by atoms with E-state index in [1.807, 2.05) is 50.1 Å². The first kappa shape index (κ1) is 34.7. The average Bonchev–Trinajstić information content (AvgIpc) is 3.02. The number of ether oxygens (including phenoxy) is 1. The normalized spacial score (nSPS) is 16.3. The van der Waals surface area contributed by atoms with Gasteiger partial charge in [0.2, 0.25) is 11.8 Å². The molecule has 11 nitrogen and oxygen atoms in total. The fourth-order valence-electron chi connectivity index (χ4n) is 5.59. The Hall–Kier alpha value is -4.58. The largest absolute Gasteiger partial charge is 0.475 e. The third-order valence-electron chi connectivity index (χ3n) is 8.55. The second kappa shape index (κ2) is 13.9. The number of aromatic nitrogens is 4. The highest BCUT2D eigenvalue weighted by atomic mass is 32.2. The SMILES string of the molecule is Cc1cccc(C)c1-c1cc2nc(n1)NS(=O)(=O)c1cccc(c1)C(=O)N(Cc1nccc(N(C)C(C)C)n1)[C@H](CCC(C)(C)C)CO2. The predicted molar refractivity (Wildman–Crippen MR) is 188 cm³/mol. The van der Waals surface area contributed by atoms with Gasteiger partial charge in [0.25, 0.3) is 15.9 Å². The number of sulfonamides is 1. The summed E-state index contributed by atoms with van der Waals surface area (Å²) in [6, 6.07) is 15.3. The molecule has 0 radical (unpaired) electrons. The molecule has 0 aliphatic carbocycles. The van der Waals surface area contributed by atoms with Crippen molar-refractivity contribution in [3.05, 3.63) is 83.3 Å². The highest BCUT2D eigenvalue weighted by Crippen LogP contribution is 2.31. The predicted octanol–water partition coefficient (Wildman–Crippen LogP) is 6.43. The van der Waals surface area contributed by atoms with Crippen molar-refractivity contribution >= 4 is 27.7 Å². The van der Waals surface area contributed by atoms with Gasteiger partial charge in [0.15, 0.2) is 0 Å². The van der Waals surface area contributed by atoms with Crippen LogP contribution in [0.1, 0.15) is 74.8 Å². The van der Waals surface area contributed by atoms with Gasteiger partial charge in [-0.05, 0) is 81.3 Å². The summed E-state index contributed by atoms with van der Waals surface area (Å²) in [4.78, 5) is 36.5. The maximum Gasteiger partial charge on any atom is 0.264 e. The molecule has 1 atom stereocenters. The monoisotopic (exact) mass is 671 g/mol. The number of carbonyl (C=O) groups excluding carboxylic acids is 1. The van der Waals surface area contributed by atoms with Gasteiger partial charge in [-0.2, -0.15) is 4.98 Å². The highest BCUT2D eigenvalue weighted by molar-refractivity contribution is 7.92. The molecule has 1 amide bonds. The van der Waals surface area contributed by atoms with Gasteiger partial charge in [-0.1, -0.05) is 45.0 Å². The first-order valence-electron chi connectivity index (χ1n) is 16.2. The van der Waals surface area contributed by atoms with Crippen LogP contribution >= 0.6 is 0 Å². The molecule has 1 N–H and O–H groups in total. The number of carbonyl (C=O) groups is 1. The Morgan fingerprint density at radius 3 is 2.42 bits per heavy atom. The number of nitrogens with one attached hydrogen (secondary N) is 1. The van der Waals surface area contributed by atoms with Gasteiger partial charge in [-0.3, -0.25) is 4.79 Å². The highest BCUT2D eigenvalue weighted by Gasteiger charge is 2.30. The fourth-order valence-corrected chi connectivity index (χ4v) is 6.58.